The molecule has 0 bridgehead atoms. The van der Waals surface area contributed by atoms with E-state index in [0.29, 0.717) is 16.9 Å². The van der Waals surface area contributed by atoms with Crippen molar-refractivity contribution in [1.82, 2.24) is 5.32 Å². The molecule has 2 aliphatic rings. The number of hydrogen-bond donors (Lipinski definition) is 2. The molecule has 2 fully saturated rings. The van der Waals surface area contributed by atoms with Crippen LogP contribution in [-0.2, 0) is 9.59 Å². The summed E-state index contributed by atoms with van der Waals surface area (Å²) >= 11 is 6.93. The predicted molar refractivity (Wildman–Crippen MR) is 84.6 cm³/mol. The van der Waals surface area contributed by atoms with Crippen molar-refractivity contribution in [3.63, 3.8) is 0 Å². The van der Waals surface area contributed by atoms with Gasteiger partial charge < -0.3 is 10.6 Å². The molecule has 116 valence electrons. The van der Waals surface area contributed by atoms with E-state index in [-0.39, 0.29) is 23.3 Å². The molecule has 0 aromatic heterocycles. The number of amides is 2. The van der Waals surface area contributed by atoms with Crippen LogP contribution < -0.4 is 10.6 Å². The summed E-state index contributed by atoms with van der Waals surface area (Å²) in [6.07, 6.45) is 2.13. The number of halogens is 2. The molecule has 0 spiro atoms. The van der Waals surface area contributed by atoms with Gasteiger partial charge in [0.1, 0.15) is 11.1 Å². The minimum Gasteiger partial charge on any atom is -0.326 e. The minimum absolute atomic E-state index is 0.0230. The van der Waals surface area contributed by atoms with Crippen LogP contribution in [0.5, 0.6) is 0 Å². The highest BCUT2D eigenvalue weighted by Gasteiger charge is 2.33. The maximum absolute atomic E-state index is 13.1. The van der Waals surface area contributed by atoms with Crippen molar-refractivity contribution in [1.29, 1.82) is 0 Å². The standard InChI is InChI=1S/C14H13ClFN3O2S/c15-9-5-8(3-4-10(9)16)17-12(20)6-11-13(21)19-14(22-11)18-7-1-2-7/h3-5,7,11H,1-2,6H2,(H,17,20)(H,18,19,21)/t11-/m0/s1. The average molecular weight is 342 g/mol. The number of aliphatic imine (C=N–C) groups is 1. The van der Waals surface area contributed by atoms with Gasteiger partial charge >= 0.3 is 0 Å². The molecule has 0 radical (unpaired) electrons. The molecule has 1 aromatic carbocycles. The van der Waals surface area contributed by atoms with Gasteiger partial charge in [0.15, 0.2) is 5.17 Å². The number of anilines is 1. The van der Waals surface area contributed by atoms with Gasteiger partial charge in [0, 0.05) is 12.1 Å². The zero-order valence-corrected chi connectivity index (χ0v) is 13.0. The van der Waals surface area contributed by atoms with Crippen LogP contribution in [0.4, 0.5) is 10.1 Å². The first-order chi connectivity index (χ1) is 10.5. The lowest BCUT2D eigenvalue weighted by atomic mass is 10.2. The smallest absolute Gasteiger partial charge is 0.240 e. The number of thioether (sulfide) groups is 1. The molecule has 8 heteroatoms. The van der Waals surface area contributed by atoms with Crippen LogP contribution in [0.2, 0.25) is 5.02 Å². The van der Waals surface area contributed by atoms with E-state index in [2.05, 4.69) is 15.6 Å². The number of carbonyl (C=O) groups excluding carboxylic acids is 2. The van der Waals surface area contributed by atoms with Gasteiger partial charge in [-0.3, -0.25) is 14.6 Å². The molecule has 1 saturated carbocycles. The Morgan fingerprint density at radius 1 is 1.50 bits per heavy atom. The predicted octanol–water partition coefficient (Wildman–Crippen LogP) is 2.56. The lowest BCUT2D eigenvalue weighted by molar-refractivity contribution is -0.122. The molecule has 3 rings (SSSR count). The summed E-state index contributed by atoms with van der Waals surface area (Å²) in [4.78, 5) is 28.1. The second kappa shape index (κ2) is 6.26. The fraction of sp³-hybridized carbons (Fsp3) is 0.357. The van der Waals surface area contributed by atoms with Crippen molar-refractivity contribution in [2.45, 2.75) is 30.6 Å². The average Bonchev–Trinajstić information content (AvgIpc) is 3.19. The van der Waals surface area contributed by atoms with Crippen molar-refractivity contribution in [2.75, 3.05) is 5.32 Å². The number of carbonyl (C=O) groups is 2. The zero-order chi connectivity index (χ0) is 15.7. The Labute approximate surface area is 135 Å². The van der Waals surface area contributed by atoms with E-state index in [4.69, 9.17) is 11.6 Å². The first-order valence-electron chi connectivity index (χ1n) is 6.81. The van der Waals surface area contributed by atoms with Crippen LogP contribution >= 0.6 is 23.4 Å². The number of amidine groups is 1. The Kier molecular flexibility index (Phi) is 4.35. The highest BCUT2D eigenvalue weighted by atomic mass is 35.5. The number of rotatable bonds is 4. The molecule has 5 nitrogen and oxygen atoms in total. The van der Waals surface area contributed by atoms with Crippen molar-refractivity contribution < 1.29 is 14.0 Å². The Morgan fingerprint density at radius 3 is 2.95 bits per heavy atom. The van der Waals surface area contributed by atoms with Crippen molar-refractivity contribution in [3.8, 4) is 0 Å². The van der Waals surface area contributed by atoms with Crippen LogP contribution in [0, 0.1) is 5.82 Å². The molecule has 1 atom stereocenters. The normalized spacial score (nSPS) is 22.7. The first-order valence-corrected chi connectivity index (χ1v) is 8.07. The largest absolute Gasteiger partial charge is 0.326 e. The molecule has 2 amide bonds. The number of benzene rings is 1. The number of nitrogens with zero attached hydrogens (tertiary/aromatic N) is 1. The topological polar surface area (TPSA) is 70.6 Å². The summed E-state index contributed by atoms with van der Waals surface area (Å²) < 4.78 is 13.1. The zero-order valence-electron chi connectivity index (χ0n) is 11.4. The van der Waals surface area contributed by atoms with Crippen LogP contribution in [0.15, 0.2) is 23.2 Å². The minimum atomic E-state index is -0.550. The van der Waals surface area contributed by atoms with Gasteiger partial charge in [-0.25, -0.2) is 4.39 Å². The van der Waals surface area contributed by atoms with E-state index >= 15 is 0 Å². The molecule has 2 N–H and O–H groups in total. The van der Waals surface area contributed by atoms with Crippen molar-refractivity contribution in [3.05, 3.63) is 29.0 Å². The quantitative estimate of drug-likeness (QED) is 0.884. The van der Waals surface area contributed by atoms with Gasteiger partial charge in [-0.1, -0.05) is 23.4 Å². The molecule has 0 unspecified atom stereocenters. The Balaban J connectivity index is 1.57. The first kappa shape index (κ1) is 15.3. The van der Waals surface area contributed by atoms with Crippen molar-refractivity contribution in [2.24, 2.45) is 4.99 Å². The molecule has 22 heavy (non-hydrogen) atoms. The maximum Gasteiger partial charge on any atom is 0.240 e. The summed E-state index contributed by atoms with van der Waals surface area (Å²) in [6.45, 7) is 0. The monoisotopic (exact) mass is 341 g/mol. The van der Waals surface area contributed by atoms with Gasteiger partial charge in [0.05, 0.1) is 11.1 Å². The molecular weight excluding hydrogens is 329 g/mol. The molecular formula is C14H13ClFN3O2S. The summed E-state index contributed by atoms with van der Waals surface area (Å²) in [6, 6.07) is 4.24. The summed E-state index contributed by atoms with van der Waals surface area (Å²) in [5.74, 6) is -1.09. The Bertz CT molecular complexity index is 663. The molecule has 1 saturated heterocycles. The van der Waals surface area contributed by atoms with E-state index in [1.165, 1.54) is 30.0 Å². The highest BCUT2D eigenvalue weighted by molar-refractivity contribution is 8.15. The third-order valence-corrected chi connectivity index (χ3v) is 4.58. The van der Waals surface area contributed by atoms with E-state index in [0.717, 1.165) is 12.8 Å². The van der Waals surface area contributed by atoms with E-state index in [9.17, 15) is 14.0 Å². The lowest BCUT2D eigenvalue weighted by Crippen LogP contribution is -2.28. The summed E-state index contributed by atoms with van der Waals surface area (Å²) in [5, 5.41) is 5.32. The van der Waals surface area contributed by atoms with Crippen LogP contribution in [0.1, 0.15) is 19.3 Å². The van der Waals surface area contributed by atoms with E-state index < -0.39 is 11.1 Å². The highest BCUT2D eigenvalue weighted by Crippen LogP contribution is 2.29. The van der Waals surface area contributed by atoms with E-state index in [1.807, 2.05) is 0 Å². The summed E-state index contributed by atoms with van der Waals surface area (Å²) in [7, 11) is 0. The number of hydrogen-bond acceptors (Lipinski definition) is 4. The number of nitrogens with one attached hydrogen (secondary N) is 2. The van der Waals surface area contributed by atoms with Crippen LogP contribution in [0.25, 0.3) is 0 Å². The fourth-order valence-corrected chi connectivity index (χ4v) is 3.14. The Morgan fingerprint density at radius 2 is 2.27 bits per heavy atom. The SMILES string of the molecule is O=C(C[C@@H]1SC(=NC2CC2)NC1=O)Nc1ccc(F)c(Cl)c1. The van der Waals surface area contributed by atoms with Gasteiger partial charge in [-0.2, -0.15) is 0 Å². The van der Waals surface area contributed by atoms with Gasteiger partial charge in [-0.15, -0.1) is 0 Å². The van der Waals surface area contributed by atoms with Crippen LogP contribution in [-0.4, -0.2) is 28.3 Å². The molecule has 1 heterocycles. The van der Waals surface area contributed by atoms with E-state index in [1.54, 1.807) is 0 Å². The van der Waals surface area contributed by atoms with Crippen molar-refractivity contribution >= 4 is 46.0 Å². The lowest BCUT2D eigenvalue weighted by Gasteiger charge is -2.08. The summed E-state index contributed by atoms with van der Waals surface area (Å²) in [5.41, 5.74) is 0.395. The van der Waals surface area contributed by atoms with Gasteiger partial charge in [0.25, 0.3) is 0 Å². The molecule has 1 aromatic rings. The second-order valence-electron chi connectivity index (χ2n) is 5.14. The Hall–Kier alpha value is -1.60. The van der Waals surface area contributed by atoms with Gasteiger partial charge in [0.2, 0.25) is 11.8 Å². The molecule has 1 aliphatic carbocycles. The third kappa shape index (κ3) is 3.78. The van der Waals surface area contributed by atoms with Gasteiger partial charge in [-0.05, 0) is 31.0 Å². The van der Waals surface area contributed by atoms with Crippen LogP contribution in [0.3, 0.4) is 0 Å². The fourth-order valence-electron chi connectivity index (χ4n) is 1.92. The molecule has 1 aliphatic heterocycles. The third-order valence-electron chi connectivity index (χ3n) is 3.20. The maximum atomic E-state index is 13.1. The second-order valence-corrected chi connectivity index (χ2v) is 6.74.